The quantitative estimate of drug-likeness (QED) is 0.756. The molecule has 0 spiro atoms. The van der Waals surface area contributed by atoms with E-state index in [1.165, 1.54) is 6.20 Å². The Bertz CT molecular complexity index is 494. The first-order valence-electron chi connectivity index (χ1n) is 5.85. The topological polar surface area (TPSA) is 61.2 Å². The molecule has 0 amide bonds. The first kappa shape index (κ1) is 15.5. The minimum absolute atomic E-state index is 0.0996. The van der Waals surface area contributed by atoms with Gasteiger partial charge in [0.05, 0.1) is 12.7 Å². The summed E-state index contributed by atoms with van der Waals surface area (Å²) >= 11 is 0. The van der Waals surface area contributed by atoms with Gasteiger partial charge in [0.25, 0.3) is 9.05 Å². The van der Waals surface area contributed by atoms with Crippen LogP contribution >= 0.6 is 10.7 Å². The molecule has 0 unspecified atom stereocenters. The maximum Gasteiger partial charge on any atom is 0.280 e. The van der Waals surface area contributed by atoms with Crippen molar-refractivity contribution in [2.75, 3.05) is 6.61 Å². The molecular weight excluding hydrogens is 276 g/mol. The molecule has 1 heterocycles. The van der Waals surface area contributed by atoms with Gasteiger partial charge in [-0.3, -0.25) is 0 Å². The van der Waals surface area contributed by atoms with Crippen molar-refractivity contribution in [3.05, 3.63) is 12.0 Å². The van der Waals surface area contributed by atoms with E-state index in [9.17, 15) is 8.42 Å². The zero-order valence-electron chi connectivity index (χ0n) is 11.1. The van der Waals surface area contributed by atoms with Crippen molar-refractivity contribution in [3.8, 4) is 0 Å². The van der Waals surface area contributed by atoms with Crippen molar-refractivity contribution in [2.24, 2.45) is 0 Å². The van der Waals surface area contributed by atoms with Crippen LogP contribution in [-0.4, -0.2) is 30.7 Å². The summed E-state index contributed by atoms with van der Waals surface area (Å²) in [6, 6.07) is 0. The minimum Gasteiger partial charge on any atom is -0.377 e. The molecule has 7 heteroatoms. The lowest BCUT2D eigenvalue weighted by Gasteiger charge is -2.11. The molecule has 1 aromatic heterocycles. The van der Waals surface area contributed by atoms with Crippen LogP contribution in [0.5, 0.6) is 0 Å². The van der Waals surface area contributed by atoms with Crippen LogP contribution in [0.1, 0.15) is 39.4 Å². The van der Waals surface area contributed by atoms with Crippen molar-refractivity contribution in [3.63, 3.8) is 0 Å². The van der Waals surface area contributed by atoms with E-state index in [1.54, 1.807) is 4.57 Å². The molecule has 0 aliphatic heterocycles. The van der Waals surface area contributed by atoms with E-state index in [0.29, 0.717) is 19.0 Å². The second-order valence-electron chi connectivity index (χ2n) is 4.64. The first-order chi connectivity index (χ1) is 8.21. The molecule has 18 heavy (non-hydrogen) atoms. The van der Waals surface area contributed by atoms with Crippen molar-refractivity contribution in [2.45, 2.75) is 51.3 Å². The fourth-order valence-corrected chi connectivity index (χ4v) is 2.23. The van der Waals surface area contributed by atoms with Crippen LogP contribution < -0.4 is 0 Å². The first-order valence-corrected chi connectivity index (χ1v) is 8.16. The maximum atomic E-state index is 11.3. The van der Waals surface area contributed by atoms with E-state index >= 15 is 0 Å². The van der Waals surface area contributed by atoms with Gasteiger partial charge in [0.1, 0.15) is 5.82 Å². The Morgan fingerprint density at radius 1 is 1.39 bits per heavy atom. The fraction of sp³-hybridized carbons (Fsp3) is 0.727. The minimum atomic E-state index is -3.78. The van der Waals surface area contributed by atoms with Gasteiger partial charge >= 0.3 is 0 Å². The Morgan fingerprint density at radius 2 is 2.00 bits per heavy atom. The second kappa shape index (κ2) is 6.04. The lowest BCUT2D eigenvalue weighted by Crippen LogP contribution is -2.12. The second-order valence-corrected chi connectivity index (χ2v) is 7.16. The lowest BCUT2D eigenvalue weighted by atomic mass is 10.2. The van der Waals surface area contributed by atoms with Crippen LogP contribution in [0.25, 0.3) is 0 Å². The van der Waals surface area contributed by atoms with E-state index < -0.39 is 9.05 Å². The van der Waals surface area contributed by atoms with Gasteiger partial charge in [0, 0.05) is 29.3 Å². The Balaban J connectivity index is 2.92. The van der Waals surface area contributed by atoms with Crippen molar-refractivity contribution >= 4 is 19.7 Å². The molecule has 0 aliphatic rings. The van der Waals surface area contributed by atoms with E-state index in [1.807, 2.05) is 27.7 Å². The summed E-state index contributed by atoms with van der Waals surface area (Å²) in [5.74, 6) is 0.817. The molecule has 1 aromatic rings. The summed E-state index contributed by atoms with van der Waals surface area (Å²) in [4.78, 5) is 4.07. The number of aromatic nitrogens is 2. The molecule has 0 saturated carbocycles. The Kier molecular flexibility index (Phi) is 5.19. The third kappa shape index (κ3) is 4.26. The highest BCUT2D eigenvalue weighted by molar-refractivity contribution is 8.13. The van der Waals surface area contributed by atoms with E-state index in [2.05, 4.69) is 4.98 Å². The average molecular weight is 295 g/mol. The lowest BCUT2D eigenvalue weighted by molar-refractivity contribution is 0.0722. The van der Waals surface area contributed by atoms with Gasteiger partial charge in [-0.1, -0.05) is 13.8 Å². The number of hydrogen-bond acceptors (Lipinski definition) is 4. The molecule has 0 radical (unpaired) electrons. The highest BCUT2D eigenvalue weighted by Gasteiger charge is 2.19. The molecule has 0 aromatic carbocycles. The monoisotopic (exact) mass is 294 g/mol. The number of hydrogen-bond donors (Lipinski definition) is 0. The average Bonchev–Trinajstić information content (AvgIpc) is 2.60. The van der Waals surface area contributed by atoms with Crippen LogP contribution in [0.2, 0.25) is 0 Å². The zero-order chi connectivity index (χ0) is 13.9. The normalized spacial score (nSPS) is 12.6. The van der Waals surface area contributed by atoms with Crippen LogP contribution in [-0.2, 0) is 20.3 Å². The van der Waals surface area contributed by atoms with E-state index in [-0.39, 0.29) is 17.0 Å². The standard InChI is InChI=1S/C11H19ClN2O3S/c1-8(2)11-13-10(18(12,15)16)7-14(11)5-6-17-9(3)4/h7-9H,5-6H2,1-4H3. The molecule has 0 saturated heterocycles. The Hall–Kier alpha value is -0.590. The van der Waals surface area contributed by atoms with Crippen LogP contribution in [0.3, 0.4) is 0 Å². The Labute approximate surface area is 113 Å². The number of nitrogens with zero attached hydrogens (tertiary/aromatic N) is 2. The van der Waals surface area contributed by atoms with E-state index in [0.717, 1.165) is 0 Å². The van der Waals surface area contributed by atoms with Crippen molar-refractivity contribution in [1.82, 2.24) is 9.55 Å². The smallest absolute Gasteiger partial charge is 0.280 e. The summed E-state index contributed by atoms with van der Waals surface area (Å²) in [6.07, 6.45) is 1.61. The molecule has 0 N–H and O–H groups in total. The molecule has 0 atom stereocenters. The van der Waals surface area contributed by atoms with Crippen LogP contribution in [0, 0.1) is 0 Å². The van der Waals surface area contributed by atoms with Crippen LogP contribution in [0.4, 0.5) is 0 Å². The molecule has 5 nitrogen and oxygen atoms in total. The summed E-state index contributed by atoms with van der Waals surface area (Å²) in [5, 5.41) is -0.0996. The maximum absolute atomic E-state index is 11.3. The molecule has 0 aliphatic carbocycles. The van der Waals surface area contributed by atoms with Gasteiger partial charge in [0.2, 0.25) is 0 Å². The molecule has 1 rings (SSSR count). The third-order valence-corrected chi connectivity index (χ3v) is 3.51. The molecule has 0 fully saturated rings. The summed E-state index contributed by atoms with van der Waals surface area (Å²) < 4.78 is 29.7. The number of halogens is 1. The van der Waals surface area contributed by atoms with E-state index in [4.69, 9.17) is 15.4 Å². The highest BCUT2D eigenvalue weighted by atomic mass is 35.7. The van der Waals surface area contributed by atoms with Gasteiger partial charge in [0.15, 0.2) is 5.03 Å². The predicted octanol–water partition coefficient (Wildman–Crippen LogP) is 2.36. The van der Waals surface area contributed by atoms with Crippen LogP contribution in [0.15, 0.2) is 11.2 Å². The Morgan fingerprint density at radius 3 is 2.44 bits per heavy atom. The van der Waals surface area contributed by atoms with Gasteiger partial charge in [-0.05, 0) is 13.8 Å². The number of rotatable bonds is 6. The highest BCUT2D eigenvalue weighted by Crippen LogP contribution is 2.19. The molecular formula is C11H19ClN2O3S. The summed E-state index contributed by atoms with van der Waals surface area (Å²) in [6.45, 7) is 8.87. The van der Waals surface area contributed by atoms with Crippen molar-refractivity contribution in [1.29, 1.82) is 0 Å². The van der Waals surface area contributed by atoms with Gasteiger partial charge in [-0.2, -0.15) is 0 Å². The molecule has 0 bridgehead atoms. The molecule has 104 valence electrons. The van der Waals surface area contributed by atoms with Crippen molar-refractivity contribution < 1.29 is 13.2 Å². The summed E-state index contributed by atoms with van der Waals surface area (Å²) in [5.41, 5.74) is 0. The number of imidazole rings is 1. The zero-order valence-corrected chi connectivity index (χ0v) is 12.6. The van der Waals surface area contributed by atoms with Gasteiger partial charge in [-0.15, -0.1) is 0 Å². The predicted molar refractivity (Wildman–Crippen MR) is 70.4 cm³/mol. The fourth-order valence-electron chi connectivity index (χ4n) is 1.55. The third-order valence-electron chi connectivity index (χ3n) is 2.33. The largest absolute Gasteiger partial charge is 0.377 e. The summed E-state index contributed by atoms with van der Waals surface area (Å²) in [7, 11) is 1.52. The number of ether oxygens (including phenoxy) is 1. The van der Waals surface area contributed by atoms with Gasteiger partial charge < -0.3 is 9.30 Å². The SMILES string of the molecule is CC(C)OCCn1cc(S(=O)(=O)Cl)nc1C(C)C. The van der Waals surface area contributed by atoms with Gasteiger partial charge in [-0.25, -0.2) is 13.4 Å².